The first-order chi connectivity index (χ1) is 10.0. The zero-order valence-electron chi connectivity index (χ0n) is 12.7. The van der Waals surface area contributed by atoms with Crippen molar-refractivity contribution in [1.29, 1.82) is 0 Å². The van der Waals surface area contributed by atoms with Crippen molar-refractivity contribution >= 4 is 17.5 Å². The monoisotopic (exact) mass is 310 g/mol. The minimum Gasteiger partial charge on any atom is -0.396 e. The second-order valence-electron chi connectivity index (χ2n) is 5.92. The summed E-state index contributed by atoms with van der Waals surface area (Å²) in [5.74, 6) is 0.226. The van der Waals surface area contributed by atoms with E-state index in [9.17, 15) is 9.90 Å². The summed E-state index contributed by atoms with van der Waals surface area (Å²) < 4.78 is 0. The molecule has 0 radical (unpaired) electrons. The van der Waals surface area contributed by atoms with E-state index in [0.717, 1.165) is 31.5 Å². The van der Waals surface area contributed by atoms with Crippen molar-refractivity contribution in [2.45, 2.75) is 51.5 Å². The molecule has 1 N–H and O–H groups in total. The number of piperidine rings is 1. The number of nitrogens with zero attached hydrogens (tertiary/aromatic N) is 2. The number of halogens is 1. The highest BCUT2D eigenvalue weighted by Gasteiger charge is 2.27. The summed E-state index contributed by atoms with van der Waals surface area (Å²) in [6, 6.07) is 3.61. The van der Waals surface area contributed by atoms with Crippen LogP contribution in [0, 0.1) is 0 Å². The Morgan fingerprint density at radius 2 is 2.24 bits per heavy atom. The van der Waals surface area contributed by atoms with Gasteiger partial charge in [0.05, 0.1) is 0 Å². The fraction of sp³-hybridized carbons (Fsp3) is 0.625. The molecule has 2 heterocycles. The summed E-state index contributed by atoms with van der Waals surface area (Å²) in [6.07, 6.45) is 3.73. The summed E-state index contributed by atoms with van der Waals surface area (Å²) in [7, 11) is 0. The van der Waals surface area contributed by atoms with E-state index in [1.54, 1.807) is 6.07 Å². The Balaban J connectivity index is 2.25. The van der Waals surface area contributed by atoms with Crippen LogP contribution in [-0.2, 0) is 0 Å². The molecule has 21 heavy (non-hydrogen) atoms. The van der Waals surface area contributed by atoms with Crippen LogP contribution in [0.4, 0.5) is 0 Å². The molecule has 1 aliphatic heterocycles. The molecular formula is C16H23ClN2O2. The molecule has 5 heteroatoms. The van der Waals surface area contributed by atoms with E-state index in [2.05, 4.69) is 4.98 Å². The summed E-state index contributed by atoms with van der Waals surface area (Å²) >= 11 is 6.05. The highest BCUT2D eigenvalue weighted by molar-refractivity contribution is 6.29. The Labute approximate surface area is 131 Å². The zero-order chi connectivity index (χ0) is 15.4. The molecule has 4 nitrogen and oxygen atoms in total. The molecule has 1 aromatic rings. The molecule has 1 aliphatic rings. The van der Waals surface area contributed by atoms with Gasteiger partial charge in [-0.2, -0.15) is 0 Å². The fourth-order valence-electron chi connectivity index (χ4n) is 2.82. The Bertz CT molecular complexity index is 503. The smallest absolute Gasteiger partial charge is 0.254 e. The number of amides is 1. The number of carbonyl (C=O) groups excluding carboxylic acids is 1. The molecule has 0 bridgehead atoms. The van der Waals surface area contributed by atoms with Gasteiger partial charge in [0.15, 0.2) is 0 Å². The average molecular weight is 311 g/mol. The van der Waals surface area contributed by atoms with Gasteiger partial charge >= 0.3 is 0 Å². The van der Waals surface area contributed by atoms with Crippen LogP contribution in [0.25, 0.3) is 0 Å². The third-order valence-corrected chi connectivity index (χ3v) is 4.20. The predicted octanol–water partition coefficient (Wildman–Crippen LogP) is 3.24. The number of aliphatic hydroxyl groups excluding tert-OH is 1. The molecule has 0 aromatic carbocycles. The number of hydrogen-bond donors (Lipinski definition) is 1. The largest absolute Gasteiger partial charge is 0.396 e. The maximum Gasteiger partial charge on any atom is 0.254 e. The van der Waals surface area contributed by atoms with Crippen molar-refractivity contribution in [3.8, 4) is 0 Å². The molecule has 1 fully saturated rings. The third kappa shape index (κ3) is 3.95. The summed E-state index contributed by atoms with van der Waals surface area (Å²) in [4.78, 5) is 18.9. The van der Waals surface area contributed by atoms with E-state index in [-0.39, 0.29) is 24.5 Å². The van der Waals surface area contributed by atoms with Crippen molar-refractivity contribution < 1.29 is 9.90 Å². The third-order valence-electron chi connectivity index (χ3n) is 4.00. The Morgan fingerprint density at radius 1 is 1.48 bits per heavy atom. The lowest BCUT2D eigenvalue weighted by atomic mass is 9.98. The second kappa shape index (κ2) is 7.23. The van der Waals surface area contributed by atoms with Crippen molar-refractivity contribution in [3.63, 3.8) is 0 Å². The van der Waals surface area contributed by atoms with Gasteiger partial charge < -0.3 is 10.0 Å². The van der Waals surface area contributed by atoms with E-state index in [1.807, 2.05) is 24.8 Å². The van der Waals surface area contributed by atoms with E-state index < -0.39 is 0 Å². The molecule has 0 aliphatic carbocycles. The minimum atomic E-state index is -0.000602. The first-order valence-corrected chi connectivity index (χ1v) is 8.00. The van der Waals surface area contributed by atoms with Crippen molar-refractivity contribution in [1.82, 2.24) is 9.88 Å². The van der Waals surface area contributed by atoms with Crippen LogP contribution in [0.5, 0.6) is 0 Å². The van der Waals surface area contributed by atoms with Crippen LogP contribution < -0.4 is 0 Å². The van der Waals surface area contributed by atoms with Crippen LogP contribution in [-0.4, -0.2) is 40.1 Å². The summed E-state index contributed by atoms with van der Waals surface area (Å²) in [5.41, 5.74) is 1.44. The Morgan fingerprint density at radius 3 is 2.90 bits per heavy atom. The first kappa shape index (κ1) is 16.2. The minimum absolute atomic E-state index is 0.000602. The van der Waals surface area contributed by atoms with Crippen LogP contribution in [0.1, 0.15) is 61.5 Å². The summed E-state index contributed by atoms with van der Waals surface area (Å²) in [6.45, 7) is 4.92. The van der Waals surface area contributed by atoms with Gasteiger partial charge in [0.2, 0.25) is 0 Å². The van der Waals surface area contributed by atoms with Crippen molar-refractivity contribution in [3.05, 3.63) is 28.5 Å². The molecule has 116 valence electrons. The van der Waals surface area contributed by atoms with Crippen LogP contribution in [0.15, 0.2) is 12.1 Å². The standard InChI is InChI=1S/C16H23ClN2O2/c1-11(2)14-9-12(10-15(17)18-14)16(21)19-7-4-3-5-13(19)6-8-20/h9-11,13,20H,3-8H2,1-2H3. The van der Waals surface area contributed by atoms with Crippen LogP contribution in [0.2, 0.25) is 5.15 Å². The lowest BCUT2D eigenvalue weighted by Gasteiger charge is -2.35. The van der Waals surface area contributed by atoms with Gasteiger partial charge in [-0.3, -0.25) is 4.79 Å². The van der Waals surface area contributed by atoms with Gasteiger partial charge in [-0.1, -0.05) is 25.4 Å². The number of aromatic nitrogens is 1. The maximum atomic E-state index is 12.8. The highest BCUT2D eigenvalue weighted by Crippen LogP contribution is 2.24. The number of rotatable bonds is 4. The lowest BCUT2D eigenvalue weighted by molar-refractivity contribution is 0.0574. The molecule has 0 spiro atoms. The molecule has 1 atom stereocenters. The normalized spacial score (nSPS) is 19.1. The molecular weight excluding hydrogens is 288 g/mol. The van der Waals surface area contributed by atoms with Crippen LogP contribution in [0.3, 0.4) is 0 Å². The van der Waals surface area contributed by atoms with Gasteiger partial charge in [-0.05, 0) is 43.7 Å². The van der Waals surface area contributed by atoms with Crippen LogP contribution >= 0.6 is 11.6 Å². The Hall–Kier alpha value is -1.13. The van der Waals surface area contributed by atoms with E-state index in [0.29, 0.717) is 17.1 Å². The number of aliphatic hydroxyl groups is 1. The average Bonchev–Trinajstić information content (AvgIpc) is 2.47. The van der Waals surface area contributed by atoms with E-state index in [4.69, 9.17) is 11.6 Å². The van der Waals surface area contributed by atoms with Gasteiger partial charge in [0, 0.05) is 30.5 Å². The lowest BCUT2D eigenvalue weighted by Crippen LogP contribution is -2.44. The zero-order valence-corrected chi connectivity index (χ0v) is 13.4. The predicted molar refractivity (Wildman–Crippen MR) is 83.7 cm³/mol. The van der Waals surface area contributed by atoms with Gasteiger partial charge in [-0.15, -0.1) is 0 Å². The SMILES string of the molecule is CC(C)c1cc(C(=O)N2CCCCC2CCO)cc(Cl)n1. The van der Waals surface area contributed by atoms with Gasteiger partial charge in [0.1, 0.15) is 5.15 Å². The fourth-order valence-corrected chi connectivity index (χ4v) is 3.03. The molecule has 1 unspecified atom stereocenters. The number of likely N-dealkylation sites (tertiary alicyclic amines) is 1. The van der Waals surface area contributed by atoms with Gasteiger partial charge in [0.25, 0.3) is 5.91 Å². The maximum absolute atomic E-state index is 12.8. The molecule has 1 aromatic heterocycles. The molecule has 1 saturated heterocycles. The molecule has 0 saturated carbocycles. The number of pyridine rings is 1. The topological polar surface area (TPSA) is 53.4 Å². The van der Waals surface area contributed by atoms with E-state index >= 15 is 0 Å². The summed E-state index contributed by atoms with van der Waals surface area (Å²) in [5, 5.41) is 9.54. The highest BCUT2D eigenvalue weighted by atomic mass is 35.5. The Kier molecular flexibility index (Phi) is 5.59. The number of hydrogen-bond acceptors (Lipinski definition) is 3. The van der Waals surface area contributed by atoms with Gasteiger partial charge in [-0.25, -0.2) is 4.98 Å². The van der Waals surface area contributed by atoms with E-state index in [1.165, 1.54) is 0 Å². The quantitative estimate of drug-likeness (QED) is 0.869. The van der Waals surface area contributed by atoms with Crippen molar-refractivity contribution in [2.24, 2.45) is 0 Å². The first-order valence-electron chi connectivity index (χ1n) is 7.62. The van der Waals surface area contributed by atoms with Crippen molar-refractivity contribution in [2.75, 3.05) is 13.2 Å². The second-order valence-corrected chi connectivity index (χ2v) is 6.31. The molecule has 1 amide bonds. The molecule has 2 rings (SSSR count). The number of carbonyl (C=O) groups is 1.